The molecule has 9 heteroatoms. The van der Waals surface area contributed by atoms with Gasteiger partial charge in [0.1, 0.15) is 12.2 Å². The lowest BCUT2D eigenvalue weighted by Gasteiger charge is -2.36. The van der Waals surface area contributed by atoms with Gasteiger partial charge in [-0.3, -0.25) is 4.79 Å². The van der Waals surface area contributed by atoms with E-state index in [0.29, 0.717) is 71.6 Å². The van der Waals surface area contributed by atoms with Crippen molar-refractivity contribution in [1.82, 2.24) is 0 Å². The molecule has 0 atom stereocenters. The molecule has 0 aliphatic rings. The Morgan fingerprint density at radius 1 is 0.396 bits per heavy atom. The number of carbonyl (C=O) groups excluding carboxylic acids is 2. The van der Waals surface area contributed by atoms with Gasteiger partial charge in [0, 0.05) is 5.56 Å². The maximum Gasteiger partial charge on any atom is 0.379 e. The molecule has 0 spiro atoms. The SMILES string of the molecule is O=C(OCCOCCOCCOCCOCCOCCOC(c1ccccc1)(c1ccccc1)c1ccccc1)C(=O)c1ccccc1. The van der Waals surface area contributed by atoms with Crippen LogP contribution in [0.4, 0.5) is 0 Å². The number of rotatable bonds is 24. The number of ketones is 1. The van der Waals surface area contributed by atoms with Crippen LogP contribution in [0.15, 0.2) is 121 Å². The van der Waals surface area contributed by atoms with Gasteiger partial charge in [-0.15, -0.1) is 0 Å². The quantitative estimate of drug-likeness (QED) is 0.0318. The summed E-state index contributed by atoms with van der Waals surface area (Å²) in [6, 6.07) is 39.1. The molecule has 0 heterocycles. The fourth-order valence-electron chi connectivity index (χ4n) is 4.97. The molecule has 4 aromatic carbocycles. The van der Waals surface area contributed by atoms with E-state index >= 15 is 0 Å². The number of ether oxygens (including phenoxy) is 7. The Hall–Kier alpha value is -4.22. The van der Waals surface area contributed by atoms with Gasteiger partial charge in [0.05, 0.1) is 72.7 Å². The smallest absolute Gasteiger partial charge is 0.379 e. The van der Waals surface area contributed by atoms with Gasteiger partial charge in [0.2, 0.25) is 0 Å². The highest BCUT2D eigenvalue weighted by Gasteiger charge is 2.37. The molecule has 0 saturated heterocycles. The summed E-state index contributed by atoms with van der Waals surface area (Å²) in [5.41, 5.74) is 2.70. The summed E-state index contributed by atoms with van der Waals surface area (Å²) in [7, 11) is 0. The predicted molar refractivity (Wildman–Crippen MR) is 181 cm³/mol. The first-order valence-corrected chi connectivity index (χ1v) is 16.2. The zero-order chi connectivity index (χ0) is 33.5. The van der Waals surface area contributed by atoms with Crippen LogP contribution in [0.1, 0.15) is 27.0 Å². The van der Waals surface area contributed by atoms with Crippen molar-refractivity contribution in [3.05, 3.63) is 144 Å². The monoisotopic (exact) mass is 656 g/mol. The van der Waals surface area contributed by atoms with Gasteiger partial charge in [-0.2, -0.15) is 0 Å². The van der Waals surface area contributed by atoms with Crippen LogP contribution in [0, 0.1) is 0 Å². The molecule has 4 rings (SSSR count). The summed E-state index contributed by atoms with van der Waals surface area (Å²) < 4.78 is 39.4. The molecule has 0 saturated carbocycles. The number of carbonyl (C=O) groups is 2. The molecule has 48 heavy (non-hydrogen) atoms. The zero-order valence-corrected chi connectivity index (χ0v) is 27.2. The zero-order valence-electron chi connectivity index (χ0n) is 27.2. The summed E-state index contributed by atoms with van der Waals surface area (Å²) in [5, 5.41) is 0. The minimum absolute atomic E-state index is 0.00316. The third-order valence-electron chi connectivity index (χ3n) is 7.26. The van der Waals surface area contributed by atoms with Crippen LogP contribution in [-0.2, 0) is 43.6 Å². The summed E-state index contributed by atoms with van der Waals surface area (Å²) in [6.45, 7) is 4.37. The largest absolute Gasteiger partial charge is 0.457 e. The topological polar surface area (TPSA) is 98.8 Å². The van der Waals surface area contributed by atoms with Crippen molar-refractivity contribution in [3.63, 3.8) is 0 Å². The molecule has 0 unspecified atom stereocenters. The first-order valence-electron chi connectivity index (χ1n) is 16.2. The van der Waals surface area contributed by atoms with Crippen LogP contribution in [0.5, 0.6) is 0 Å². The lowest BCUT2D eigenvalue weighted by atomic mass is 9.80. The number of hydrogen-bond donors (Lipinski definition) is 0. The summed E-state index contributed by atoms with van der Waals surface area (Å²) in [6.07, 6.45) is 0. The maximum atomic E-state index is 11.9. The number of hydrogen-bond acceptors (Lipinski definition) is 9. The van der Waals surface area contributed by atoms with E-state index in [1.54, 1.807) is 30.3 Å². The summed E-state index contributed by atoms with van der Waals surface area (Å²) in [4.78, 5) is 23.7. The molecule has 4 aromatic rings. The number of benzene rings is 4. The molecule has 0 radical (unpaired) electrons. The average molecular weight is 657 g/mol. The number of Topliss-reactive ketones (excluding diaryl/α,β-unsaturated/α-hetero) is 1. The molecule has 0 fully saturated rings. The Balaban J connectivity index is 1.00. The third-order valence-corrected chi connectivity index (χ3v) is 7.26. The van der Waals surface area contributed by atoms with Crippen molar-refractivity contribution in [3.8, 4) is 0 Å². The van der Waals surface area contributed by atoms with E-state index in [4.69, 9.17) is 33.2 Å². The molecule has 254 valence electrons. The fourth-order valence-corrected chi connectivity index (χ4v) is 4.97. The van der Waals surface area contributed by atoms with Crippen LogP contribution in [-0.4, -0.2) is 91.0 Å². The molecule has 0 aliphatic heterocycles. The Kier molecular flexibility index (Phi) is 16.5. The van der Waals surface area contributed by atoms with Crippen LogP contribution in [0.2, 0.25) is 0 Å². The van der Waals surface area contributed by atoms with E-state index in [0.717, 1.165) is 16.7 Å². The molecule has 0 N–H and O–H groups in total. The van der Waals surface area contributed by atoms with Crippen molar-refractivity contribution in [2.75, 3.05) is 79.3 Å². The molecule has 0 aromatic heterocycles. The Bertz CT molecular complexity index is 1340. The van der Waals surface area contributed by atoms with E-state index in [9.17, 15) is 9.59 Å². The second kappa shape index (κ2) is 21.6. The Morgan fingerprint density at radius 3 is 1.08 bits per heavy atom. The van der Waals surface area contributed by atoms with E-state index < -0.39 is 17.4 Å². The van der Waals surface area contributed by atoms with Crippen molar-refractivity contribution < 1.29 is 42.7 Å². The van der Waals surface area contributed by atoms with Gasteiger partial charge in [-0.05, 0) is 16.7 Å². The third kappa shape index (κ3) is 11.8. The summed E-state index contributed by atoms with van der Waals surface area (Å²) in [5.74, 6) is -1.57. The van der Waals surface area contributed by atoms with Crippen molar-refractivity contribution in [1.29, 1.82) is 0 Å². The van der Waals surface area contributed by atoms with Gasteiger partial charge in [-0.1, -0.05) is 121 Å². The highest BCUT2D eigenvalue weighted by molar-refractivity contribution is 6.40. The van der Waals surface area contributed by atoms with E-state index in [2.05, 4.69) is 36.4 Å². The fraction of sp³-hybridized carbons (Fsp3) is 0.333. The van der Waals surface area contributed by atoms with E-state index in [1.165, 1.54) is 0 Å². The molecular weight excluding hydrogens is 612 g/mol. The van der Waals surface area contributed by atoms with Gasteiger partial charge < -0.3 is 33.2 Å². The highest BCUT2D eigenvalue weighted by Crippen LogP contribution is 2.40. The average Bonchev–Trinajstić information content (AvgIpc) is 3.15. The van der Waals surface area contributed by atoms with Gasteiger partial charge in [-0.25, -0.2) is 4.79 Å². The lowest BCUT2D eigenvalue weighted by molar-refractivity contribution is -0.139. The molecular formula is C39H44O9. The minimum atomic E-state index is -0.895. The maximum absolute atomic E-state index is 11.9. The standard InChI is InChI=1S/C39H44O9/c40-37(33-13-5-1-6-14-33)38(41)47-31-29-45-27-25-43-23-21-42-22-24-44-26-28-46-30-32-48-39(34-15-7-2-8-16-34,35-17-9-3-10-18-35)36-19-11-4-12-20-36/h1-20H,21-32H2. The second-order valence-electron chi connectivity index (χ2n) is 10.5. The van der Waals surface area contributed by atoms with Crippen LogP contribution in [0.3, 0.4) is 0 Å². The predicted octanol–water partition coefficient (Wildman–Crippen LogP) is 5.50. The molecule has 0 amide bonds. The van der Waals surface area contributed by atoms with Crippen molar-refractivity contribution >= 4 is 11.8 Å². The molecule has 0 aliphatic carbocycles. The van der Waals surface area contributed by atoms with Gasteiger partial charge in [0.15, 0.2) is 0 Å². The normalized spacial score (nSPS) is 11.3. The molecule has 9 nitrogen and oxygen atoms in total. The first kappa shape index (κ1) is 36.6. The van der Waals surface area contributed by atoms with Crippen molar-refractivity contribution in [2.45, 2.75) is 5.60 Å². The lowest BCUT2D eigenvalue weighted by Crippen LogP contribution is -2.34. The van der Waals surface area contributed by atoms with Crippen LogP contribution < -0.4 is 0 Å². The van der Waals surface area contributed by atoms with Crippen molar-refractivity contribution in [2.24, 2.45) is 0 Å². The van der Waals surface area contributed by atoms with E-state index in [1.807, 2.05) is 54.6 Å². The Labute approximate surface area is 282 Å². The summed E-state index contributed by atoms with van der Waals surface area (Å²) >= 11 is 0. The van der Waals surface area contributed by atoms with Crippen LogP contribution in [0.25, 0.3) is 0 Å². The van der Waals surface area contributed by atoms with Gasteiger partial charge >= 0.3 is 5.97 Å². The van der Waals surface area contributed by atoms with Crippen LogP contribution >= 0.6 is 0 Å². The van der Waals surface area contributed by atoms with E-state index in [-0.39, 0.29) is 13.2 Å². The molecule has 0 bridgehead atoms. The van der Waals surface area contributed by atoms with Gasteiger partial charge in [0.25, 0.3) is 5.78 Å². The second-order valence-corrected chi connectivity index (χ2v) is 10.5. The number of esters is 1. The minimum Gasteiger partial charge on any atom is -0.457 e. The Morgan fingerprint density at radius 2 is 0.708 bits per heavy atom. The highest BCUT2D eigenvalue weighted by atomic mass is 16.6. The first-order chi connectivity index (χ1) is 23.7.